The summed E-state index contributed by atoms with van der Waals surface area (Å²) in [6, 6.07) is 7.19. The molecule has 1 saturated carbocycles. The van der Waals surface area contributed by atoms with Crippen molar-refractivity contribution in [2.75, 3.05) is 7.11 Å². The lowest BCUT2D eigenvalue weighted by Gasteiger charge is -2.43. The molecule has 0 bridgehead atoms. The summed E-state index contributed by atoms with van der Waals surface area (Å²) in [7, 11) is 1.39. The quantitative estimate of drug-likeness (QED) is 0.647. The Morgan fingerprint density at radius 3 is 2.54 bits per heavy atom. The minimum atomic E-state index is -0.317. The van der Waals surface area contributed by atoms with E-state index in [1.165, 1.54) is 32.8 Å². The second-order valence-corrected chi connectivity index (χ2v) is 7.99. The molecule has 0 radical (unpaired) electrons. The lowest BCUT2D eigenvalue weighted by Crippen LogP contribution is -2.34. The lowest BCUT2D eigenvalue weighted by molar-refractivity contribution is 0.0600. The van der Waals surface area contributed by atoms with Crippen LogP contribution in [0, 0.1) is 17.3 Å². The Morgan fingerprint density at radius 1 is 1.29 bits per heavy atom. The molecule has 0 saturated heterocycles. The summed E-state index contributed by atoms with van der Waals surface area (Å²) >= 11 is 0. The van der Waals surface area contributed by atoms with Gasteiger partial charge in [-0.3, -0.25) is 0 Å². The number of hydrogen-bond donors (Lipinski definition) is 0. The van der Waals surface area contributed by atoms with E-state index in [1.807, 2.05) is 12.1 Å². The van der Waals surface area contributed by atoms with Crippen molar-refractivity contribution in [2.24, 2.45) is 17.3 Å². The third-order valence-corrected chi connectivity index (χ3v) is 5.67. The van der Waals surface area contributed by atoms with Gasteiger partial charge >= 0.3 is 5.97 Å². The van der Waals surface area contributed by atoms with Gasteiger partial charge in [0, 0.05) is 0 Å². The molecule has 24 heavy (non-hydrogen) atoms. The molecule has 0 heterocycles. The topological polar surface area (TPSA) is 35.5 Å². The van der Waals surface area contributed by atoms with Crippen LogP contribution in [0.4, 0.5) is 0 Å². The van der Waals surface area contributed by atoms with Crippen LogP contribution in [0.15, 0.2) is 24.3 Å². The molecule has 0 amide bonds. The predicted molar refractivity (Wildman–Crippen MR) is 97.4 cm³/mol. The number of ether oxygens (including phenoxy) is 2. The van der Waals surface area contributed by atoms with E-state index >= 15 is 0 Å². The Labute approximate surface area is 146 Å². The number of methoxy groups -OCH3 is 1. The summed E-state index contributed by atoms with van der Waals surface area (Å²) in [5.74, 6) is 2.08. The lowest BCUT2D eigenvalue weighted by atomic mass is 9.62. The first-order valence-corrected chi connectivity index (χ1v) is 9.18. The second-order valence-electron chi connectivity index (χ2n) is 7.99. The maximum atomic E-state index is 11.5. The molecule has 0 N–H and O–H groups in total. The van der Waals surface area contributed by atoms with E-state index in [2.05, 4.69) is 27.7 Å². The second kappa shape index (κ2) is 8.04. The summed E-state index contributed by atoms with van der Waals surface area (Å²) in [4.78, 5) is 11.5. The first-order chi connectivity index (χ1) is 11.3. The van der Waals surface area contributed by atoms with Crippen LogP contribution in [-0.4, -0.2) is 19.2 Å². The minimum Gasteiger partial charge on any atom is -0.491 e. The van der Waals surface area contributed by atoms with Gasteiger partial charge in [-0.1, -0.05) is 33.6 Å². The SMILES string of the molecule is COC(=O)c1ccc(OC(C)CCC2C(C)CCCC2(C)C)cc1. The molecule has 0 aliphatic heterocycles. The van der Waals surface area contributed by atoms with Crippen molar-refractivity contribution < 1.29 is 14.3 Å². The highest BCUT2D eigenvalue weighted by Gasteiger charge is 2.36. The zero-order chi connectivity index (χ0) is 17.7. The van der Waals surface area contributed by atoms with Crippen LogP contribution in [-0.2, 0) is 4.74 Å². The molecule has 1 aliphatic rings. The molecule has 3 nitrogen and oxygen atoms in total. The van der Waals surface area contributed by atoms with Gasteiger partial charge in [0.15, 0.2) is 0 Å². The van der Waals surface area contributed by atoms with Gasteiger partial charge in [0.2, 0.25) is 0 Å². The maximum Gasteiger partial charge on any atom is 0.337 e. The van der Waals surface area contributed by atoms with E-state index in [0.717, 1.165) is 24.0 Å². The Bertz CT molecular complexity index is 533. The van der Waals surface area contributed by atoms with E-state index in [4.69, 9.17) is 9.47 Å². The summed E-state index contributed by atoms with van der Waals surface area (Å²) in [5, 5.41) is 0. The molecule has 1 aromatic carbocycles. The average Bonchev–Trinajstić information content (AvgIpc) is 2.53. The molecule has 1 fully saturated rings. The summed E-state index contributed by atoms with van der Waals surface area (Å²) in [5.41, 5.74) is 0.995. The monoisotopic (exact) mass is 332 g/mol. The number of rotatable bonds is 6. The molecule has 0 aromatic heterocycles. The van der Waals surface area contributed by atoms with Gasteiger partial charge in [0.1, 0.15) is 5.75 Å². The Morgan fingerprint density at radius 2 is 1.96 bits per heavy atom. The fourth-order valence-electron chi connectivity index (χ4n) is 4.20. The van der Waals surface area contributed by atoms with Gasteiger partial charge in [0.05, 0.1) is 18.8 Å². The van der Waals surface area contributed by atoms with Crippen molar-refractivity contribution in [2.45, 2.75) is 65.9 Å². The molecular weight excluding hydrogens is 300 g/mol. The van der Waals surface area contributed by atoms with Gasteiger partial charge in [-0.2, -0.15) is 0 Å². The Hall–Kier alpha value is -1.51. The summed E-state index contributed by atoms with van der Waals surface area (Å²) in [6.07, 6.45) is 6.53. The number of esters is 1. The highest BCUT2D eigenvalue weighted by atomic mass is 16.5. The largest absolute Gasteiger partial charge is 0.491 e. The minimum absolute atomic E-state index is 0.180. The van der Waals surface area contributed by atoms with Crippen LogP contribution in [0.2, 0.25) is 0 Å². The van der Waals surface area contributed by atoms with Crippen molar-refractivity contribution in [1.82, 2.24) is 0 Å². The maximum absolute atomic E-state index is 11.5. The van der Waals surface area contributed by atoms with Gasteiger partial charge in [-0.25, -0.2) is 4.79 Å². The Balaban J connectivity index is 1.86. The van der Waals surface area contributed by atoms with Crippen molar-refractivity contribution in [3.63, 3.8) is 0 Å². The van der Waals surface area contributed by atoms with Crippen molar-refractivity contribution in [1.29, 1.82) is 0 Å². The third kappa shape index (κ3) is 4.75. The first-order valence-electron chi connectivity index (χ1n) is 9.18. The fourth-order valence-corrected chi connectivity index (χ4v) is 4.20. The smallest absolute Gasteiger partial charge is 0.337 e. The molecule has 134 valence electrons. The predicted octanol–water partition coefficient (Wildman–Crippen LogP) is 5.48. The molecule has 1 aliphatic carbocycles. The van der Waals surface area contributed by atoms with E-state index in [0.29, 0.717) is 11.0 Å². The fraction of sp³-hybridized carbons (Fsp3) is 0.667. The number of carbonyl (C=O) groups is 1. The van der Waals surface area contributed by atoms with E-state index in [1.54, 1.807) is 12.1 Å². The third-order valence-electron chi connectivity index (χ3n) is 5.67. The van der Waals surface area contributed by atoms with E-state index < -0.39 is 0 Å². The highest BCUT2D eigenvalue weighted by molar-refractivity contribution is 5.89. The van der Waals surface area contributed by atoms with Crippen molar-refractivity contribution in [3.05, 3.63) is 29.8 Å². The molecular formula is C21H32O3. The van der Waals surface area contributed by atoms with Gasteiger partial charge in [-0.05, 0) is 67.7 Å². The standard InChI is InChI=1S/C21H32O3/c1-15-7-6-14-21(3,4)19(15)13-8-16(2)24-18-11-9-17(10-12-18)20(22)23-5/h9-12,15-16,19H,6-8,13-14H2,1-5H3. The van der Waals surface area contributed by atoms with Crippen LogP contribution in [0.25, 0.3) is 0 Å². The highest BCUT2D eigenvalue weighted by Crippen LogP contribution is 2.46. The molecule has 3 unspecified atom stereocenters. The zero-order valence-corrected chi connectivity index (χ0v) is 15.8. The van der Waals surface area contributed by atoms with Crippen LogP contribution in [0.1, 0.15) is 70.2 Å². The van der Waals surface area contributed by atoms with Crippen LogP contribution in [0.5, 0.6) is 5.75 Å². The molecule has 1 aromatic rings. The van der Waals surface area contributed by atoms with Gasteiger partial charge in [0.25, 0.3) is 0 Å². The summed E-state index contributed by atoms with van der Waals surface area (Å²) in [6.45, 7) is 9.38. The van der Waals surface area contributed by atoms with Crippen molar-refractivity contribution >= 4 is 5.97 Å². The Kier molecular flexibility index (Phi) is 6.31. The average molecular weight is 332 g/mol. The first kappa shape index (κ1) is 18.8. The van der Waals surface area contributed by atoms with Crippen LogP contribution < -0.4 is 4.74 Å². The number of benzene rings is 1. The molecule has 3 atom stereocenters. The number of carbonyl (C=O) groups excluding carboxylic acids is 1. The van der Waals surface area contributed by atoms with Crippen LogP contribution in [0.3, 0.4) is 0 Å². The molecule has 2 rings (SSSR count). The number of hydrogen-bond acceptors (Lipinski definition) is 3. The molecule has 3 heteroatoms. The van der Waals surface area contributed by atoms with Crippen molar-refractivity contribution in [3.8, 4) is 5.75 Å². The van der Waals surface area contributed by atoms with Gasteiger partial charge in [-0.15, -0.1) is 0 Å². The normalized spacial score (nSPS) is 24.2. The zero-order valence-electron chi connectivity index (χ0n) is 15.8. The molecule has 0 spiro atoms. The van der Waals surface area contributed by atoms with E-state index in [9.17, 15) is 4.79 Å². The van der Waals surface area contributed by atoms with Crippen LogP contribution >= 0.6 is 0 Å². The summed E-state index contributed by atoms with van der Waals surface area (Å²) < 4.78 is 10.7. The van der Waals surface area contributed by atoms with Gasteiger partial charge < -0.3 is 9.47 Å². The van der Waals surface area contributed by atoms with E-state index in [-0.39, 0.29) is 12.1 Å².